The SMILES string of the molecule is O=C1C(N(C(=O)COc2ccccn2)c2cccc(F)c2)c2ccccc2N1C1CCCCC1. The summed E-state index contributed by atoms with van der Waals surface area (Å²) >= 11 is 0. The second-order valence-corrected chi connectivity index (χ2v) is 8.66. The van der Waals surface area contributed by atoms with E-state index in [2.05, 4.69) is 4.98 Å². The van der Waals surface area contributed by atoms with Gasteiger partial charge in [-0.05, 0) is 43.2 Å². The van der Waals surface area contributed by atoms with E-state index in [0.717, 1.165) is 36.9 Å². The first-order valence-corrected chi connectivity index (χ1v) is 11.7. The molecule has 1 saturated carbocycles. The monoisotopic (exact) mass is 459 g/mol. The second kappa shape index (κ2) is 9.63. The van der Waals surface area contributed by atoms with E-state index in [1.807, 2.05) is 29.2 Å². The molecule has 1 unspecified atom stereocenters. The van der Waals surface area contributed by atoms with Crippen molar-refractivity contribution < 1.29 is 18.7 Å². The molecule has 0 radical (unpaired) electrons. The average molecular weight is 460 g/mol. The minimum Gasteiger partial charge on any atom is -0.468 e. The third kappa shape index (κ3) is 4.25. The number of anilines is 2. The van der Waals surface area contributed by atoms with Gasteiger partial charge in [0.15, 0.2) is 6.61 Å². The first-order chi connectivity index (χ1) is 16.6. The lowest BCUT2D eigenvalue weighted by atomic mass is 9.94. The fourth-order valence-electron chi connectivity index (χ4n) is 4.99. The first-order valence-electron chi connectivity index (χ1n) is 11.7. The van der Waals surface area contributed by atoms with E-state index >= 15 is 0 Å². The van der Waals surface area contributed by atoms with E-state index < -0.39 is 17.8 Å². The lowest BCUT2D eigenvalue weighted by molar-refractivity contribution is -0.125. The van der Waals surface area contributed by atoms with Crippen molar-refractivity contribution in [3.05, 3.63) is 84.3 Å². The number of nitrogens with zero attached hydrogens (tertiary/aromatic N) is 3. The Kier molecular flexibility index (Phi) is 6.25. The molecule has 2 aromatic carbocycles. The number of ether oxygens (including phenoxy) is 1. The second-order valence-electron chi connectivity index (χ2n) is 8.66. The number of rotatable bonds is 6. The molecular formula is C27H26FN3O3. The Morgan fingerprint density at radius 1 is 1.03 bits per heavy atom. The summed E-state index contributed by atoms with van der Waals surface area (Å²) in [5, 5.41) is 0. The zero-order valence-electron chi connectivity index (χ0n) is 18.8. The molecule has 1 fully saturated rings. The molecule has 1 aliphatic carbocycles. The molecule has 34 heavy (non-hydrogen) atoms. The van der Waals surface area contributed by atoms with Gasteiger partial charge in [0.05, 0.1) is 0 Å². The van der Waals surface area contributed by atoms with Gasteiger partial charge in [-0.15, -0.1) is 0 Å². The van der Waals surface area contributed by atoms with Crippen molar-refractivity contribution in [3.8, 4) is 5.88 Å². The van der Waals surface area contributed by atoms with Crippen LogP contribution in [0.5, 0.6) is 5.88 Å². The lowest BCUT2D eigenvalue weighted by Gasteiger charge is -2.33. The molecule has 174 valence electrons. The summed E-state index contributed by atoms with van der Waals surface area (Å²) in [6.45, 7) is -0.330. The maximum Gasteiger partial charge on any atom is 0.265 e. The Morgan fingerprint density at radius 2 is 1.82 bits per heavy atom. The number of fused-ring (bicyclic) bond motifs is 1. The van der Waals surface area contributed by atoms with Crippen molar-refractivity contribution >= 4 is 23.2 Å². The lowest BCUT2D eigenvalue weighted by Crippen LogP contribution is -2.46. The van der Waals surface area contributed by atoms with Crippen molar-refractivity contribution in [1.82, 2.24) is 4.98 Å². The highest BCUT2D eigenvalue weighted by molar-refractivity contribution is 6.12. The number of carbonyl (C=O) groups excluding carboxylic acids is 2. The molecule has 1 aromatic heterocycles. The fraction of sp³-hybridized carbons (Fsp3) is 0.296. The molecule has 1 atom stereocenters. The normalized spacial score (nSPS) is 18.0. The minimum absolute atomic E-state index is 0.0987. The van der Waals surface area contributed by atoms with Crippen LogP contribution in [0.3, 0.4) is 0 Å². The highest BCUT2D eigenvalue weighted by atomic mass is 19.1. The van der Waals surface area contributed by atoms with Crippen LogP contribution in [-0.4, -0.2) is 29.4 Å². The number of aromatic nitrogens is 1. The Hall–Kier alpha value is -3.74. The van der Waals surface area contributed by atoms with Crippen LogP contribution in [-0.2, 0) is 9.59 Å². The number of para-hydroxylation sites is 1. The third-order valence-electron chi connectivity index (χ3n) is 6.50. The summed E-state index contributed by atoms with van der Waals surface area (Å²) in [7, 11) is 0. The number of benzene rings is 2. The molecule has 2 amide bonds. The minimum atomic E-state index is -0.889. The van der Waals surface area contributed by atoms with Crippen molar-refractivity contribution in [2.75, 3.05) is 16.4 Å². The fourth-order valence-corrected chi connectivity index (χ4v) is 4.99. The number of halogens is 1. The van der Waals surface area contributed by atoms with Crippen LogP contribution in [0.2, 0.25) is 0 Å². The van der Waals surface area contributed by atoms with Gasteiger partial charge in [-0.25, -0.2) is 9.37 Å². The summed E-state index contributed by atoms with van der Waals surface area (Å²) in [5.41, 5.74) is 1.88. The van der Waals surface area contributed by atoms with Gasteiger partial charge >= 0.3 is 0 Å². The third-order valence-corrected chi connectivity index (χ3v) is 6.50. The number of amides is 2. The number of hydrogen-bond donors (Lipinski definition) is 0. The maximum absolute atomic E-state index is 14.2. The number of carbonyl (C=O) groups is 2. The Balaban J connectivity index is 1.52. The molecule has 6 nitrogen and oxygen atoms in total. The van der Waals surface area contributed by atoms with Gasteiger partial charge in [0.25, 0.3) is 11.8 Å². The van der Waals surface area contributed by atoms with Crippen molar-refractivity contribution in [1.29, 1.82) is 0 Å². The molecule has 7 heteroatoms. The summed E-state index contributed by atoms with van der Waals surface area (Å²) in [6, 6.07) is 17.7. The summed E-state index contributed by atoms with van der Waals surface area (Å²) in [6.07, 6.45) is 6.76. The summed E-state index contributed by atoms with van der Waals surface area (Å²) in [5.74, 6) is -0.792. The van der Waals surface area contributed by atoms with Crippen LogP contribution in [0.15, 0.2) is 72.9 Å². The highest BCUT2D eigenvalue weighted by Gasteiger charge is 2.45. The molecule has 2 heterocycles. The molecular weight excluding hydrogens is 433 g/mol. The van der Waals surface area contributed by atoms with Gasteiger partial charge in [0, 0.05) is 35.2 Å². The topological polar surface area (TPSA) is 62.7 Å². The largest absolute Gasteiger partial charge is 0.468 e. The molecule has 2 aliphatic rings. The molecule has 1 aliphatic heterocycles. The van der Waals surface area contributed by atoms with E-state index in [1.54, 1.807) is 30.5 Å². The zero-order chi connectivity index (χ0) is 23.5. The predicted octanol–water partition coefficient (Wildman–Crippen LogP) is 5.05. The van der Waals surface area contributed by atoms with Crippen LogP contribution in [0.1, 0.15) is 43.7 Å². The van der Waals surface area contributed by atoms with Crippen molar-refractivity contribution in [3.63, 3.8) is 0 Å². The van der Waals surface area contributed by atoms with Gasteiger partial charge < -0.3 is 9.64 Å². The molecule has 0 N–H and O–H groups in total. The van der Waals surface area contributed by atoms with Crippen molar-refractivity contribution in [2.45, 2.75) is 44.2 Å². The molecule has 5 rings (SSSR count). The van der Waals surface area contributed by atoms with Gasteiger partial charge in [-0.2, -0.15) is 0 Å². The van der Waals surface area contributed by atoms with E-state index in [-0.39, 0.29) is 18.6 Å². The van der Waals surface area contributed by atoms with E-state index in [1.165, 1.54) is 29.5 Å². The number of pyridine rings is 1. The molecule has 0 saturated heterocycles. The van der Waals surface area contributed by atoms with Gasteiger partial charge in [0.1, 0.15) is 11.9 Å². The highest BCUT2D eigenvalue weighted by Crippen LogP contribution is 2.44. The smallest absolute Gasteiger partial charge is 0.265 e. The Labute approximate surface area is 198 Å². The molecule has 3 aromatic rings. The predicted molar refractivity (Wildman–Crippen MR) is 127 cm³/mol. The van der Waals surface area contributed by atoms with Crippen LogP contribution in [0.4, 0.5) is 15.8 Å². The van der Waals surface area contributed by atoms with Gasteiger partial charge in [-0.1, -0.05) is 49.6 Å². The standard InChI is InChI=1S/C27H26FN3O3/c28-19-9-8-12-21(17-19)31(25(32)18-34-24-15-6-7-16-29-24)26-22-13-4-5-14-23(22)30(27(26)33)20-10-2-1-3-11-20/h4-9,12-17,20,26H,1-3,10-11,18H2. The molecule has 0 bridgehead atoms. The summed E-state index contributed by atoms with van der Waals surface area (Å²) in [4.78, 5) is 34.8. The van der Waals surface area contributed by atoms with E-state index in [0.29, 0.717) is 11.6 Å². The summed E-state index contributed by atoms with van der Waals surface area (Å²) < 4.78 is 19.8. The van der Waals surface area contributed by atoms with Crippen LogP contribution >= 0.6 is 0 Å². The first kappa shape index (κ1) is 22.1. The van der Waals surface area contributed by atoms with Crippen molar-refractivity contribution in [2.24, 2.45) is 0 Å². The average Bonchev–Trinajstić information content (AvgIpc) is 3.16. The maximum atomic E-state index is 14.2. The van der Waals surface area contributed by atoms with E-state index in [4.69, 9.17) is 4.74 Å². The van der Waals surface area contributed by atoms with Gasteiger partial charge in [0.2, 0.25) is 5.88 Å². The van der Waals surface area contributed by atoms with E-state index in [9.17, 15) is 14.0 Å². The zero-order valence-corrected chi connectivity index (χ0v) is 18.8. The van der Waals surface area contributed by atoms with Crippen LogP contribution in [0, 0.1) is 5.82 Å². The Morgan fingerprint density at radius 3 is 2.59 bits per heavy atom. The van der Waals surface area contributed by atoms with Crippen LogP contribution in [0.25, 0.3) is 0 Å². The quantitative estimate of drug-likeness (QED) is 0.517. The Bertz CT molecular complexity index is 1180. The molecule has 0 spiro atoms. The van der Waals surface area contributed by atoms with Gasteiger partial charge in [-0.3, -0.25) is 14.5 Å². The van der Waals surface area contributed by atoms with Crippen LogP contribution < -0.4 is 14.5 Å². The number of hydrogen-bond acceptors (Lipinski definition) is 4.